The van der Waals surface area contributed by atoms with Gasteiger partial charge in [-0.15, -0.1) is 0 Å². The van der Waals surface area contributed by atoms with Crippen LogP contribution in [0.15, 0.2) is 6.07 Å². The Bertz CT molecular complexity index is 436. The maximum Gasteiger partial charge on any atom is 0.231 e. The molecule has 0 amide bonds. The van der Waals surface area contributed by atoms with Gasteiger partial charge in [0.25, 0.3) is 0 Å². The quantitative estimate of drug-likeness (QED) is 0.850. The molecule has 0 radical (unpaired) electrons. The Kier molecular flexibility index (Phi) is 2.71. The highest BCUT2D eigenvalue weighted by Gasteiger charge is 2.24. The van der Waals surface area contributed by atoms with Gasteiger partial charge in [0, 0.05) is 11.6 Å². The van der Waals surface area contributed by atoms with Gasteiger partial charge >= 0.3 is 0 Å². The molecule has 0 aliphatic carbocycles. The van der Waals surface area contributed by atoms with Crippen molar-refractivity contribution < 1.29 is 9.47 Å². The Morgan fingerprint density at radius 1 is 1.35 bits per heavy atom. The largest absolute Gasteiger partial charge is 0.454 e. The van der Waals surface area contributed by atoms with Crippen molar-refractivity contribution in [3.8, 4) is 11.5 Å². The number of fused-ring (bicyclic) bond motifs is 1. The molecule has 1 aromatic rings. The second-order valence-corrected chi connectivity index (χ2v) is 5.03. The van der Waals surface area contributed by atoms with Gasteiger partial charge in [0.1, 0.15) is 0 Å². The molecule has 92 valence electrons. The third-order valence-corrected chi connectivity index (χ3v) is 3.92. The highest BCUT2D eigenvalue weighted by atomic mass is 16.7. The van der Waals surface area contributed by atoms with Gasteiger partial charge in [-0.2, -0.15) is 0 Å². The summed E-state index contributed by atoms with van der Waals surface area (Å²) in [6.45, 7) is 5.84. The standard InChI is InChI=1S/C14H19NO2/c1-9-6-13-14(17-8-16-13)12(10(9)2)7-11-4-3-5-15-11/h6,11,15H,3-5,7-8H2,1-2H3. The molecule has 1 aromatic carbocycles. The Hall–Kier alpha value is -1.22. The van der Waals surface area contributed by atoms with E-state index in [0.29, 0.717) is 12.8 Å². The topological polar surface area (TPSA) is 30.5 Å². The Balaban J connectivity index is 1.96. The van der Waals surface area contributed by atoms with E-state index in [1.165, 1.54) is 29.5 Å². The zero-order valence-electron chi connectivity index (χ0n) is 10.5. The number of hydrogen-bond acceptors (Lipinski definition) is 3. The van der Waals surface area contributed by atoms with Crippen LogP contribution in [0.4, 0.5) is 0 Å². The van der Waals surface area contributed by atoms with Crippen molar-refractivity contribution in [1.82, 2.24) is 5.32 Å². The number of benzene rings is 1. The monoisotopic (exact) mass is 233 g/mol. The Morgan fingerprint density at radius 2 is 2.24 bits per heavy atom. The van der Waals surface area contributed by atoms with E-state index in [4.69, 9.17) is 9.47 Å². The molecule has 3 rings (SSSR count). The van der Waals surface area contributed by atoms with Gasteiger partial charge in [-0.25, -0.2) is 0 Å². The summed E-state index contributed by atoms with van der Waals surface area (Å²) in [4.78, 5) is 0. The smallest absolute Gasteiger partial charge is 0.231 e. The van der Waals surface area contributed by atoms with Gasteiger partial charge in [-0.1, -0.05) is 0 Å². The van der Waals surface area contributed by atoms with Crippen molar-refractivity contribution in [3.05, 3.63) is 22.8 Å². The van der Waals surface area contributed by atoms with Gasteiger partial charge < -0.3 is 14.8 Å². The van der Waals surface area contributed by atoms with Gasteiger partial charge in [0.2, 0.25) is 6.79 Å². The summed E-state index contributed by atoms with van der Waals surface area (Å²) >= 11 is 0. The molecular formula is C14H19NO2. The van der Waals surface area contributed by atoms with Crippen molar-refractivity contribution in [2.75, 3.05) is 13.3 Å². The zero-order valence-corrected chi connectivity index (χ0v) is 10.5. The van der Waals surface area contributed by atoms with E-state index in [-0.39, 0.29) is 0 Å². The summed E-state index contributed by atoms with van der Waals surface area (Å²) in [7, 11) is 0. The molecule has 0 spiro atoms. The lowest BCUT2D eigenvalue weighted by Crippen LogP contribution is -2.24. The normalized spacial score (nSPS) is 22.1. The minimum atomic E-state index is 0.364. The summed E-state index contributed by atoms with van der Waals surface area (Å²) < 4.78 is 11.1. The second kappa shape index (κ2) is 4.22. The second-order valence-electron chi connectivity index (χ2n) is 5.03. The molecule has 3 heteroatoms. The lowest BCUT2D eigenvalue weighted by atomic mass is 9.95. The van der Waals surface area contributed by atoms with E-state index < -0.39 is 0 Å². The third kappa shape index (κ3) is 1.89. The van der Waals surface area contributed by atoms with Crippen LogP contribution in [0.2, 0.25) is 0 Å². The molecule has 0 aromatic heterocycles. The van der Waals surface area contributed by atoms with E-state index in [1.807, 2.05) is 0 Å². The van der Waals surface area contributed by atoms with E-state index >= 15 is 0 Å². The summed E-state index contributed by atoms with van der Waals surface area (Å²) in [5.74, 6) is 1.89. The average molecular weight is 233 g/mol. The predicted molar refractivity (Wildman–Crippen MR) is 66.8 cm³/mol. The molecule has 1 fully saturated rings. The van der Waals surface area contributed by atoms with Crippen LogP contribution in [-0.2, 0) is 6.42 Å². The van der Waals surface area contributed by atoms with Gasteiger partial charge in [-0.05, 0) is 56.8 Å². The first-order valence-electron chi connectivity index (χ1n) is 6.38. The molecule has 2 aliphatic heterocycles. The predicted octanol–water partition coefficient (Wildman–Crippen LogP) is 2.33. The van der Waals surface area contributed by atoms with Crippen LogP contribution in [0.3, 0.4) is 0 Å². The van der Waals surface area contributed by atoms with Crippen molar-refractivity contribution in [1.29, 1.82) is 0 Å². The molecule has 1 atom stereocenters. The minimum absolute atomic E-state index is 0.364. The number of hydrogen-bond donors (Lipinski definition) is 1. The van der Waals surface area contributed by atoms with Crippen molar-refractivity contribution in [3.63, 3.8) is 0 Å². The lowest BCUT2D eigenvalue weighted by molar-refractivity contribution is 0.173. The van der Waals surface area contributed by atoms with Crippen LogP contribution in [0.5, 0.6) is 11.5 Å². The Labute approximate surface area is 102 Å². The average Bonchev–Trinajstić information content (AvgIpc) is 2.94. The summed E-state index contributed by atoms with van der Waals surface area (Å²) in [5, 5.41) is 3.55. The van der Waals surface area contributed by atoms with E-state index in [9.17, 15) is 0 Å². The van der Waals surface area contributed by atoms with Crippen LogP contribution in [-0.4, -0.2) is 19.4 Å². The van der Waals surface area contributed by atoms with Gasteiger partial charge in [-0.3, -0.25) is 0 Å². The summed E-state index contributed by atoms with van der Waals surface area (Å²) in [6.07, 6.45) is 3.61. The first-order chi connectivity index (χ1) is 8.25. The van der Waals surface area contributed by atoms with Crippen LogP contribution in [0.25, 0.3) is 0 Å². The fraction of sp³-hybridized carbons (Fsp3) is 0.571. The maximum absolute atomic E-state index is 5.63. The molecule has 0 saturated carbocycles. The lowest BCUT2D eigenvalue weighted by Gasteiger charge is -2.16. The Morgan fingerprint density at radius 3 is 3.00 bits per heavy atom. The van der Waals surface area contributed by atoms with E-state index in [0.717, 1.165) is 24.5 Å². The fourth-order valence-electron chi connectivity index (χ4n) is 2.77. The first kappa shape index (κ1) is 10.9. The fourth-order valence-corrected chi connectivity index (χ4v) is 2.77. The SMILES string of the molecule is Cc1cc2c(c(CC3CCCN3)c1C)OCO2. The van der Waals surface area contributed by atoms with Crippen LogP contribution >= 0.6 is 0 Å². The van der Waals surface area contributed by atoms with Crippen molar-refractivity contribution >= 4 is 0 Å². The van der Waals surface area contributed by atoms with Crippen LogP contribution in [0, 0.1) is 13.8 Å². The van der Waals surface area contributed by atoms with Gasteiger partial charge in [0.15, 0.2) is 11.5 Å². The maximum atomic E-state index is 5.63. The van der Waals surface area contributed by atoms with Crippen LogP contribution in [0.1, 0.15) is 29.5 Å². The first-order valence-corrected chi connectivity index (χ1v) is 6.38. The van der Waals surface area contributed by atoms with Gasteiger partial charge in [0.05, 0.1) is 0 Å². The minimum Gasteiger partial charge on any atom is -0.454 e. The third-order valence-electron chi connectivity index (χ3n) is 3.92. The molecule has 1 N–H and O–H groups in total. The number of ether oxygens (including phenoxy) is 2. The number of nitrogens with one attached hydrogen (secondary N) is 1. The molecule has 1 saturated heterocycles. The molecule has 1 unspecified atom stereocenters. The zero-order chi connectivity index (χ0) is 11.8. The van der Waals surface area contributed by atoms with E-state index in [1.54, 1.807) is 0 Å². The molecular weight excluding hydrogens is 214 g/mol. The molecule has 3 nitrogen and oxygen atoms in total. The van der Waals surface area contributed by atoms with E-state index in [2.05, 4.69) is 25.2 Å². The summed E-state index contributed by atoms with van der Waals surface area (Å²) in [5.41, 5.74) is 3.97. The van der Waals surface area contributed by atoms with Crippen LogP contribution < -0.4 is 14.8 Å². The molecule has 2 heterocycles. The number of rotatable bonds is 2. The molecule has 2 aliphatic rings. The molecule has 0 bridgehead atoms. The van der Waals surface area contributed by atoms with Crippen molar-refractivity contribution in [2.24, 2.45) is 0 Å². The number of aryl methyl sites for hydroxylation is 1. The highest BCUT2D eigenvalue weighted by Crippen LogP contribution is 2.40. The summed E-state index contributed by atoms with van der Waals surface area (Å²) in [6, 6.07) is 2.69. The molecule has 17 heavy (non-hydrogen) atoms. The highest BCUT2D eigenvalue weighted by molar-refractivity contribution is 5.55. The van der Waals surface area contributed by atoms with Crippen molar-refractivity contribution in [2.45, 2.75) is 39.2 Å².